The van der Waals surface area contributed by atoms with Gasteiger partial charge in [-0.15, -0.1) is 0 Å². The van der Waals surface area contributed by atoms with Crippen LogP contribution >= 0.6 is 11.6 Å². The van der Waals surface area contributed by atoms with Crippen molar-refractivity contribution in [3.8, 4) is 5.75 Å². The van der Waals surface area contributed by atoms with E-state index < -0.39 is 0 Å². The van der Waals surface area contributed by atoms with Crippen LogP contribution in [0.25, 0.3) is 0 Å². The fourth-order valence-corrected chi connectivity index (χ4v) is 3.81. The number of methoxy groups -OCH3 is 1. The first-order valence-electron chi connectivity index (χ1n) is 9.10. The summed E-state index contributed by atoms with van der Waals surface area (Å²) in [5.74, 6) is 2.70. The van der Waals surface area contributed by atoms with Gasteiger partial charge in [-0.3, -0.25) is 4.99 Å². The van der Waals surface area contributed by atoms with E-state index in [9.17, 15) is 0 Å². The second kappa shape index (κ2) is 9.88. The molecule has 2 unspecified atom stereocenters. The number of benzene rings is 1. The van der Waals surface area contributed by atoms with Crippen LogP contribution in [0.2, 0.25) is 5.02 Å². The average molecular weight is 367 g/mol. The van der Waals surface area contributed by atoms with E-state index in [-0.39, 0.29) is 0 Å². The van der Waals surface area contributed by atoms with E-state index in [0.717, 1.165) is 43.5 Å². The van der Waals surface area contributed by atoms with Gasteiger partial charge in [0.05, 0.1) is 12.1 Å². The first kappa shape index (κ1) is 19.9. The predicted molar refractivity (Wildman–Crippen MR) is 107 cm³/mol. The van der Waals surface area contributed by atoms with Gasteiger partial charge in [0, 0.05) is 25.3 Å². The molecular weight excluding hydrogens is 336 g/mol. The Morgan fingerprint density at radius 3 is 2.68 bits per heavy atom. The van der Waals surface area contributed by atoms with Crippen molar-refractivity contribution in [2.75, 3.05) is 38.6 Å². The highest BCUT2D eigenvalue weighted by Crippen LogP contribution is 2.27. The Morgan fingerprint density at radius 2 is 2.04 bits per heavy atom. The summed E-state index contributed by atoms with van der Waals surface area (Å²) in [6.07, 6.45) is 3.56. The number of ether oxygens (including phenoxy) is 1. The van der Waals surface area contributed by atoms with Gasteiger partial charge in [-0.1, -0.05) is 25.4 Å². The lowest BCUT2D eigenvalue weighted by Crippen LogP contribution is -2.39. The molecule has 0 aliphatic carbocycles. The van der Waals surface area contributed by atoms with Gasteiger partial charge < -0.3 is 20.7 Å². The monoisotopic (exact) mass is 366 g/mol. The van der Waals surface area contributed by atoms with Gasteiger partial charge in [0.25, 0.3) is 0 Å². The van der Waals surface area contributed by atoms with Crippen molar-refractivity contribution in [3.05, 3.63) is 23.2 Å². The summed E-state index contributed by atoms with van der Waals surface area (Å²) < 4.78 is 5.13. The lowest BCUT2D eigenvalue weighted by atomic mass is 9.92. The van der Waals surface area contributed by atoms with Crippen molar-refractivity contribution in [1.82, 2.24) is 4.90 Å². The summed E-state index contributed by atoms with van der Waals surface area (Å²) in [7, 11) is 1.59. The van der Waals surface area contributed by atoms with Crippen molar-refractivity contribution in [3.63, 3.8) is 0 Å². The molecule has 2 rings (SSSR count). The summed E-state index contributed by atoms with van der Waals surface area (Å²) in [6.45, 7) is 9.06. The topological polar surface area (TPSA) is 62.9 Å². The minimum atomic E-state index is 0.418. The number of aliphatic imine (C=N–C) groups is 1. The standard InChI is InChI=1S/C19H31ClN4O/c1-14-10-15(2)13-24(12-14)9-5-4-8-22-19(21)23-16-6-7-18(25-3)17(20)11-16/h6-7,11,14-15H,4-5,8-10,12-13H2,1-3H3,(H3,21,22,23). The average Bonchev–Trinajstić information content (AvgIpc) is 2.54. The molecule has 1 aromatic carbocycles. The highest BCUT2D eigenvalue weighted by molar-refractivity contribution is 6.32. The molecular formula is C19H31ClN4O. The molecule has 0 radical (unpaired) electrons. The third kappa shape index (κ3) is 6.75. The molecule has 6 heteroatoms. The number of nitrogens with one attached hydrogen (secondary N) is 1. The first-order chi connectivity index (χ1) is 12.0. The van der Waals surface area contributed by atoms with Crippen molar-refractivity contribution < 1.29 is 4.74 Å². The van der Waals surface area contributed by atoms with Gasteiger partial charge in [-0.05, 0) is 55.8 Å². The fraction of sp³-hybridized carbons (Fsp3) is 0.632. The Morgan fingerprint density at radius 1 is 1.32 bits per heavy atom. The molecule has 3 N–H and O–H groups in total. The largest absolute Gasteiger partial charge is 0.495 e. The number of hydrogen-bond donors (Lipinski definition) is 2. The summed E-state index contributed by atoms with van der Waals surface area (Å²) in [5, 5.41) is 3.61. The van der Waals surface area contributed by atoms with Crippen molar-refractivity contribution in [2.45, 2.75) is 33.1 Å². The normalized spacial score (nSPS) is 22.0. The van der Waals surface area contributed by atoms with E-state index in [1.54, 1.807) is 19.2 Å². The zero-order chi connectivity index (χ0) is 18.2. The number of rotatable bonds is 7. The van der Waals surface area contributed by atoms with Crippen LogP contribution in [0.3, 0.4) is 0 Å². The van der Waals surface area contributed by atoms with Gasteiger partial charge >= 0.3 is 0 Å². The van der Waals surface area contributed by atoms with Crippen LogP contribution in [0.15, 0.2) is 23.2 Å². The van der Waals surface area contributed by atoms with Gasteiger partial charge in [0.1, 0.15) is 5.75 Å². The Kier molecular flexibility index (Phi) is 7.85. The number of hydrogen-bond acceptors (Lipinski definition) is 3. The number of piperidine rings is 1. The molecule has 25 heavy (non-hydrogen) atoms. The van der Waals surface area contributed by atoms with Gasteiger partial charge in [0.2, 0.25) is 0 Å². The third-order valence-corrected chi connectivity index (χ3v) is 4.83. The van der Waals surface area contributed by atoms with E-state index >= 15 is 0 Å². The number of guanidine groups is 1. The smallest absolute Gasteiger partial charge is 0.193 e. The minimum absolute atomic E-state index is 0.418. The predicted octanol–water partition coefficient (Wildman–Crippen LogP) is 3.83. The summed E-state index contributed by atoms with van der Waals surface area (Å²) in [5.41, 5.74) is 6.75. The number of anilines is 1. The number of unbranched alkanes of at least 4 members (excludes halogenated alkanes) is 1. The molecule has 1 saturated heterocycles. The number of nitrogens with two attached hydrogens (primary N) is 1. The van der Waals surface area contributed by atoms with E-state index in [2.05, 4.69) is 29.1 Å². The first-order valence-corrected chi connectivity index (χ1v) is 9.48. The lowest BCUT2D eigenvalue weighted by molar-refractivity contribution is 0.139. The molecule has 0 saturated carbocycles. The summed E-state index contributed by atoms with van der Waals surface area (Å²) in [6, 6.07) is 5.45. The molecule has 5 nitrogen and oxygen atoms in total. The second-order valence-corrected chi connectivity index (χ2v) is 7.56. The summed E-state index contributed by atoms with van der Waals surface area (Å²) >= 11 is 6.10. The van der Waals surface area contributed by atoms with E-state index in [1.165, 1.54) is 19.5 Å². The highest BCUT2D eigenvalue weighted by atomic mass is 35.5. The Bertz CT molecular complexity index is 569. The Labute approximate surface area is 156 Å². The zero-order valence-corrected chi connectivity index (χ0v) is 16.4. The van der Waals surface area contributed by atoms with Crippen molar-refractivity contribution in [2.24, 2.45) is 22.6 Å². The number of likely N-dealkylation sites (tertiary alicyclic amines) is 1. The van der Waals surface area contributed by atoms with Crippen LogP contribution in [0, 0.1) is 11.8 Å². The van der Waals surface area contributed by atoms with Crippen LogP contribution in [-0.4, -0.2) is 44.1 Å². The third-order valence-electron chi connectivity index (χ3n) is 4.53. The van der Waals surface area contributed by atoms with Crippen molar-refractivity contribution >= 4 is 23.2 Å². The molecule has 0 aromatic heterocycles. The Balaban J connectivity index is 1.68. The zero-order valence-electron chi connectivity index (χ0n) is 15.6. The molecule has 2 atom stereocenters. The molecule has 1 aromatic rings. The van der Waals surface area contributed by atoms with Gasteiger partial charge in [-0.2, -0.15) is 0 Å². The minimum Gasteiger partial charge on any atom is -0.495 e. The highest BCUT2D eigenvalue weighted by Gasteiger charge is 2.20. The fourth-order valence-electron chi connectivity index (χ4n) is 3.55. The maximum absolute atomic E-state index is 6.10. The molecule has 140 valence electrons. The molecule has 0 bridgehead atoms. The van der Waals surface area contributed by atoms with Crippen LogP contribution in [0.1, 0.15) is 33.1 Å². The number of nitrogens with zero attached hydrogens (tertiary/aromatic N) is 2. The Hall–Kier alpha value is -1.46. The SMILES string of the molecule is COc1ccc(NC(N)=NCCCCN2CC(C)CC(C)C2)cc1Cl. The number of halogens is 1. The molecule has 1 heterocycles. The van der Waals surface area contributed by atoms with Gasteiger partial charge in [-0.25, -0.2) is 0 Å². The van der Waals surface area contributed by atoms with E-state index in [0.29, 0.717) is 16.7 Å². The van der Waals surface area contributed by atoms with Crippen LogP contribution in [-0.2, 0) is 0 Å². The van der Waals surface area contributed by atoms with Crippen LogP contribution in [0.4, 0.5) is 5.69 Å². The van der Waals surface area contributed by atoms with Crippen LogP contribution < -0.4 is 15.8 Å². The quantitative estimate of drug-likeness (QED) is 0.437. The van der Waals surface area contributed by atoms with Crippen molar-refractivity contribution in [1.29, 1.82) is 0 Å². The molecule has 0 spiro atoms. The molecule has 1 fully saturated rings. The lowest BCUT2D eigenvalue weighted by Gasteiger charge is -2.34. The van der Waals surface area contributed by atoms with E-state index in [4.69, 9.17) is 22.1 Å². The molecule has 1 aliphatic heterocycles. The molecule has 1 aliphatic rings. The van der Waals surface area contributed by atoms with Crippen LogP contribution in [0.5, 0.6) is 5.75 Å². The van der Waals surface area contributed by atoms with E-state index in [1.807, 2.05) is 6.07 Å². The maximum atomic E-state index is 6.10. The molecule has 0 amide bonds. The maximum Gasteiger partial charge on any atom is 0.193 e. The second-order valence-electron chi connectivity index (χ2n) is 7.15. The van der Waals surface area contributed by atoms with Gasteiger partial charge in [0.15, 0.2) is 5.96 Å². The summed E-state index contributed by atoms with van der Waals surface area (Å²) in [4.78, 5) is 6.98.